The normalized spacial score (nSPS) is 11.1. The van der Waals surface area contributed by atoms with Gasteiger partial charge in [-0.3, -0.25) is 4.98 Å². The number of aromatic carboxylic acids is 1. The Morgan fingerprint density at radius 2 is 1.91 bits per heavy atom. The van der Waals surface area contributed by atoms with Crippen LogP contribution in [0.25, 0.3) is 22.3 Å². The number of carboxylic acids is 1. The smallest absolute Gasteiger partial charge is 0.335 e. The Hall–Kier alpha value is -3.94. The Bertz CT molecular complexity index is 1300. The van der Waals surface area contributed by atoms with Crippen LogP contribution < -0.4 is 10.5 Å². The van der Waals surface area contributed by atoms with Crippen molar-refractivity contribution in [3.8, 4) is 17.0 Å². The van der Waals surface area contributed by atoms with Crippen molar-refractivity contribution < 1.29 is 19.0 Å². The van der Waals surface area contributed by atoms with Crippen molar-refractivity contribution >= 4 is 23.0 Å². The molecule has 0 spiro atoms. The average molecular weight is 448 g/mol. The average Bonchev–Trinajstić information content (AvgIpc) is 3.10. The third-order valence-electron chi connectivity index (χ3n) is 5.39. The number of unbranched alkanes of at least 4 members (excludes halogenated alkanes) is 2. The number of nitrogen functional groups attached to an aromatic ring is 1. The zero-order chi connectivity index (χ0) is 23.4. The molecule has 0 saturated heterocycles. The number of pyridine rings is 1. The molecular formula is C25H25FN4O3. The lowest BCUT2D eigenvalue weighted by molar-refractivity contribution is 0.0696. The van der Waals surface area contributed by atoms with Gasteiger partial charge in [-0.1, -0.05) is 12.1 Å². The molecule has 0 amide bonds. The van der Waals surface area contributed by atoms with Gasteiger partial charge in [-0.25, -0.2) is 14.2 Å². The van der Waals surface area contributed by atoms with E-state index < -0.39 is 11.8 Å². The van der Waals surface area contributed by atoms with E-state index in [-0.39, 0.29) is 5.56 Å². The number of carbonyl (C=O) groups is 1. The maximum atomic E-state index is 13.9. The molecule has 4 aromatic rings. The molecule has 0 bridgehead atoms. The summed E-state index contributed by atoms with van der Waals surface area (Å²) in [5.41, 5.74) is 9.62. The zero-order valence-electron chi connectivity index (χ0n) is 18.3. The predicted molar refractivity (Wildman–Crippen MR) is 125 cm³/mol. The Kier molecular flexibility index (Phi) is 6.53. The summed E-state index contributed by atoms with van der Waals surface area (Å²) in [6.07, 6.45) is 2.55. The summed E-state index contributed by atoms with van der Waals surface area (Å²) in [6.45, 7) is 2.87. The van der Waals surface area contributed by atoms with Crippen molar-refractivity contribution in [3.63, 3.8) is 0 Å². The number of aryl methyl sites for hydroxylation is 2. The molecule has 2 aromatic heterocycles. The molecule has 0 aliphatic heterocycles. The van der Waals surface area contributed by atoms with Gasteiger partial charge in [0.25, 0.3) is 0 Å². The molecule has 2 aromatic carbocycles. The Morgan fingerprint density at radius 3 is 2.73 bits per heavy atom. The summed E-state index contributed by atoms with van der Waals surface area (Å²) in [4.78, 5) is 20.2. The second-order valence-electron chi connectivity index (χ2n) is 7.85. The van der Waals surface area contributed by atoms with Crippen LogP contribution >= 0.6 is 0 Å². The highest BCUT2D eigenvalue weighted by Crippen LogP contribution is 2.31. The summed E-state index contributed by atoms with van der Waals surface area (Å²) in [5.74, 6) is -0.627. The fraction of sp³-hybridized carbons (Fsp3) is 0.240. The van der Waals surface area contributed by atoms with E-state index in [1.54, 1.807) is 13.0 Å². The van der Waals surface area contributed by atoms with Crippen LogP contribution in [-0.2, 0) is 6.54 Å². The second-order valence-corrected chi connectivity index (χ2v) is 7.85. The van der Waals surface area contributed by atoms with Gasteiger partial charge in [0.1, 0.15) is 11.6 Å². The van der Waals surface area contributed by atoms with Gasteiger partial charge < -0.3 is 20.1 Å². The molecule has 4 rings (SSSR count). The molecular weight excluding hydrogens is 423 g/mol. The van der Waals surface area contributed by atoms with Crippen molar-refractivity contribution in [3.05, 3.63) is 71.7 Å². The lowest BCUT2D eigenvalue weighted by Crippen LogP contribution is -2.05. The lowest BCUT2D eigenvalue weighted by Gasteiger charge is -2.13. The molecule has 0 unspecified atom stereocenters. The van der Waals surface area contributed by atoms with Gasteiger partial charge >= 0.3 is 5.97 Å². The summed E-state index contributed by atoms with van der Waals surface area (Å²) >= 11 is 0. The first-order chi connectivity index (χ1) is 15.9. The standard InChI is InChI=1S/C25H25FN4O3/c1-16-13-17(24(31)32)14-21(28-16)19-10-9-18(26)15-23(19)33-12-6-2-5-11-30-22-8-4-3-7-20(22)29-25(30)27/h3-4,7-10,13-15H,2,5-6,11-12H2,1H3,(H2,27,29)(H,31,32). The highest BCUT2D eigenvalue weighted by molar-refractivity contribution is 5.89. The fourth-order valence-corrected chi connectivity index (χ4v) is 3.82. The van der Waals surface area contributed by atoms with Crippen molar-refractivity contribution in [1.82, 2.24) is 14.5 Å². The van der Waals surface area contributed by atoms with Gasteiger partial charge in [0.2, 0.25) is 5.95 Å². The number of para-hydroxylation sites is 2. The highest BCUT2D eigenvalue weighted by atomic mass is 19.1. The number of nitrogens with zero attached hydrogens (tertiary/aromatic N) is 3. The Balaban J connectivity index is 1.38. The number of halogens is 1. The Morgan fingerprint density at radius 1 is 1.09 bits per heavy atom. The first kappa shape index (κ1) is 22.3. The summed E-state index contributed by atoms with van der Waals surface area (Å²) in [6, 6.07) is 15.0. The maximum Gasteiger partial charge on any atom is 0.335 e. The first-order valence-electron chi connectivity index (χ1n) is 10.8. The van der Waals surface area contributed by atoms with Crippen molar-refractivity contribution in [2.75, 3.05) is 12.3 Å². The van der Waals surface area contributed by atoms with Crippen LogP contribution in [0.4, 0.5) is 10.3 Å². The number of benzene rings is 2. The van der Waals surface area contributed by atoms with E-state index in [9.17, 15) is 14.3 Å². The van der Waals surface area contributed by atoms with Crippen molar-refractivity contribution in [1.29, 1.82) is 0 Å². The molecule has 3 N–H and O–H groups in total. The number of imidazole rings is 1. The van der Waals surface area contributed by atoms with Gasteiger partial charge in [-0.05, 0) is 62.6 Å². The SMILES string of the molecule is Cc1cc(C(=O)O)cc(-c2ccc(F)cc2OCCCCCn2c(N)nc3ccccc32)n1. The summed E-state index contributed by atoms with van der Waals surface area (Å²) < 4.78 is 21.8. The number of ether oxygens (including phenoxy) is 1. The molecule has 0 aliphatic carbocycles. The molecule has 0 atom stereocenters. The molecule has 0 saturated carbocycles. The number of rotatable bonds is 9. The van der Waals surface area contributed by atoms with Crippen LogP contribution in [0.3, 0.4) is 0 Å². The molecule has 8 heteroatoms. The quantitative estimate of drug-likeness (QED) is 0.346. The van der Waals surface area contributed by atoms with Gasteiger partial charge in [0, 0.05) is 23.9 Å². The minimum Gasteiger partial charge on any atom is -0.493 e. The van der Waals surface area contributed by atoms with E-state index in [1.807, 2.05) is 28.8 Å². The summed E-state index contributed by atoms with van der Waals surface area (Å²) in [5, 5.41) is 9.33. The third kappa shape index (κ3) is 5.11. The number of carboxylic acid groups (broad SMARTS) is 1. The van der Waals surface area contributed by atoms with Crippen molar-refractivity contribution in [2.45, 2.75) is 32.7 Å². The van der Waals surface area contributed by atoms with Crippen LogP contribution in [-0.4, -0.2) is 32.2 Å². The van der Waals surface area contributed by atoms with E-state index >= 15 is 0 Å². The van der Waals surface area contributed by atoms with Gasteiger partial charge in [-0.2, -0.15) is 0 Å². The van der Waals surface area contributed by atoms with Crippen LogP contribution in [0, 0.1) is 12.7 Å². The van der Waals surface area contributed by atoms with E-state index in [1.165, 1.54) is 24.3 Å². The minimum atomic E-state index is -1.04. The lowest BCUT2D eigenvalue weighted by atomic mass is 10.1. The highest BCUT2D eigenvalue weighted by Gasteiger charge is 2.14. The number of nitrogens with two attached hydrogens (primary N) is 1. The Labute approximate surface area is 190 Å². The van der Waals surface area contributed by atoms with Crippen LogP contribution in [0.1, 0.15) is 35.3 Å². The number of hydrogen-bond acceptors (Lipinski definition) is 5. The van der Waals surface area contributed by atoms with Crippen molar-refractivity contribution in [2.24, 2.45) is 0 Å². The van der Waals surface area contributed by atoms with Crippen LogP contribution in [0.15, 0.2) is 54.6 Å². The monoisotopic (exact) mass is 448 g/mol. The van der Waals surface area contributed by atoms with Gasteiger partial charge in [-0.15, -0.1) is 0 Å². The summed E-state index contributed by atoms with van der Waals surface area (Å²) in [7, 11) is 0. The number of fused-ring (bicyclic) bond motifs is 1. The maximum absolute atomic E-state index is 13.9. The minimum absolute atomic E-state index is 0.124. The van der Waals surface area contributed by atoms with Crippen LogP contribution in [0.5, 0.6) is 5.75 Å². The number of aromatic nitrogens is 3. The molecule has 0 radical (unpaired) electrons. The largest absolute Gasteiger partial charge is 0.493 e. The van der Waals surface area contributed by atoms with E-state index in [2.05, 4.69) is 9.97 Å². The molecule has 2 heterocycles. The van der Waals surface area contributed by atoms with E-state index in [0.717, 1.165) is 36.8 Å². The van der Waals surface area contributed by atoms with Gasteiger partial charge in [0.05, 0.1) is 28.9 Å². The number of hydrogen-bond donors (Lipinski definition) is 2. The molecule has 33 heavy (non-hydrogen) atoms. The molecule has 0 aliphatic rings. The first-order valence-corrected chi connectivity index (χ1v) is 10.8. The second kappa shape index (κ2) is 9.68. The predicted octanol–water partition coefficient (Wildman–Crippen LogP) is 5.08. The van der Waals surface area contributed by atoms with Gasteiger partial charge in [0.15, 0.2) is 0 Å². The third-order valence-corrected chi connectivity index (χ3v) is 5.39. The fourth-order valence-electron chi connectivity index (χ4n) is 3.82. The molecule has 7 nitrogen and oxygen atoms in total. The van der Waals surface area contributed by atoms with E-state index in [0.29, 0.717) is 35.3 Å². The van der Waals surface area contributed by atoms with E-state index in [4.69, 9.17) is 10.5 Å². The molecule has 0 fully saturated rings. The molecule has 170 valence electrons. The zero-order valence-corrected chi connectivity index (χ0v) is 18.3. The van der Waals surface area contributed by atoms with Crippen LogP contribution in [0.2, 0.25) is 0 Å². The topological polar surface area (TPSA) is 103 Å². The number of anilines is 1.